The number of carbonyl (C=O) groups is 2. The molecule has 0 radical (unpaired) electrons. The van der Waals surface area contributed by atoms with Crippen LogP contribution in [0.25, 0.3) is 6.08 Å². The van der Waals surface area contributed by atoms with Gasteiger partial charge in [0.05, 0.1) is 12.0 Å². The standard InChI is InChI=1S/C23H23NO5S2/c1-15-6-3-4-7-17(15)14-29-18-10-9-16(12-19(18)28-2)13-20-22(27)24(23(30)31-20)11-5-8-21(25)26/h3-4,6-7,9-10,12-13H,5,8,11,14H2,1-2H3,(H,25,26)/b20-13-. The Bertz CT molecular complexity index is 1030. The predicted octanol–water partition coefficient (Wildman–Crippen LogP) is 4.65. The Morgan fingerprint density at radius 1 is 1.23 bits per heavy atom. The molecule has 162 valence electrons. The minimum Gasteiger partial charge on any atom is -0.493 e. The van der Waals surface area contributed by atoms with Crippen LogP contribution in [-0.4, -0.2) is 39.9 Å². The summed E-state index contributed by atoms with van der Waals surface area (Å²) in [5, 5.41) is 8.78. The van der Waals surface area contributed by atoms with E-state index in [2.05, 4.69) is 0 Å². The van der Waals surface area contributed by atoms with Crippen molar-refractivity contribution < 1.29 is 24.2 Å². The summed E-state index contributed by atoms with van der Waals surface area (Å²) in [6, 6.07) is 13.5. The van der Waals surface area contributed by atoms with Gasteiger partial charge in [0.25, 0.3) is 5.91 Å². The summed E-state index contributed by atoms with van der Waals surface area (Å²) in [4.78, 5) is 25.3. The maximum absolute atomic E-state index is 12.7. The Kier molecular flexibility index (Phi) is 7.70. The van der Waals surface area contributed by atoms with Crippen molar-refractivity contribution in [3.05, 3.63) is 64.1 Å². The Labute approximate surface area is 190 Å². The zero-order valence-corrected chi connectivity index (χ0v) is 18.9. The van der Waals surface area contributed by atoms with E-state index in [1.54, 1.807) is 13.2 Å². The summed E-state index contributed by atoms with van der Waals surface area (Å²) in [6.07, 6.45) is 2.11. The van der Waals surface area contributed by atoms with Gasteiger partial charge in [-0.1, -0.05) is 54.3 Å². The topological polar surface area (TPSA) is 76.1 Å². The maximum atomic E-state index is 12.7. The van der Waals surface area contributed by atoms with Gasteiger partial charge in [-0.05, 0) is 48.2 Å². The van der Waals surface area contributed by atoms with Gasteiger partial charge >= 0.3 is 5.97 Å². The van der Waals surface area contributed by atoms with E-state index in [1.807, 2.05) is 49.4 Å². The van der Waals surface area contributed by atoms with Crippen molar-refractivity contribution in [3.8, 4) is 11.5 Å². The quantitative estimate of drug-likeness (QED) is 0.434. The van der Waals surface area contributed by atoms with Crippen molar-refractivity contribution >= 4 is 46.3 Å². The van der Waals surface area contributed by atoms with Gasteiger partial charge in [-0.15, -0.1) is 0 Å². The van der Waals surface area contributed by atoms with Crippen LogP contribution in [0.15, 0.2) is 47.4 Å². The first-order valence-electron chi connectivity index (χ1n) is 9.71. The van der Waals surface area contributed by atoms with E-state index >= 15 is 0 Å². The first kappa shape index (κ1) is 22.8. The third-order valence-corrected chi connectivity index (χ3v) is 6.15. The highest BCUT2D eigenvalue weighted by Gasteiger charge is 2.31. The summed E-state index contributed by atoms with van der Waals surface area (Å²) in [6.45, 7) is 2.76. The van der Waals surface area contributed by atoms with E-state index in [0.29, 0.717) is 40.3 Å². The second-order valence-corrected chi connectivity index (χ2v) is 8.63. The van der Waals surface area contributed by atoms with Crippen LogP contribution in [0.1, 0.15) is 29.5 Å². The molecule has 2 aromatic carbocycles. The van der Waals surface area contributed by atoms with Gasteiger partial charge in [-0.2, -0.15) is 0 Å². The monoisotopic (exact) mass is 457 g/mol. The van der Waals surface area contributed by atoms with Gasteiger partial charge in [0.1, 0.15) is 10.9 Å². The minimum absolute atomic E-state index is 0.00270. The molecule has 2 aromatic rings. The number of thiocarbonyl (C=S) groups is 1. The number of aryl methyl sites for hydroxylation is 1. The van der Waals surface area contributed by atoms with Gasteiger partial charge < -0.3 is 14.6 Å². The molecule has 1 aliphatic rings. The molecule has 8 heteroatoms. The average molecular weight is 458 g/mol. The second-order valence-electron chi connectivity index (χ2n) is 6.96. The third-order valence-electron chi connectivity index (χ3n) is 4.78. The van der Waals surface area contributed by atoms with Gasteiger partial charge in [-0.3, -0.25) is 14.5 Å². The van der Waals surface area contributed by atoms with Crippen molar-refractivity contribution in [1.82, 2.24) is 4.90 Å². The molecule has 0 aliphatic carbocycles. The van der Waals surface area contributed by atoms with Crippen LogP contribution in [0.4, 0.5) is 0 Å². The van der Waals surface area contributed by atoms with Crippen LogP contribution >= 0.6 is 24.0 Å². The fourth-order valence-electron chi connectivity index (χ4n) is 3.05. The molecule has 0 unspecified atom stereocenters. The SMILES string of the molecule is COc1cc(/C=C2\SC(=S)N(CCCC(=O)O)C2=O)ccc1OCc1ccccc1C. The number of aliphatic carboxylic acids is 1. The van der Waals surface area contributed by atoms with E-state index in [1.165, 1.54) is 16.7 Å². The zero-order chi connectivity index (χ0) is 22.4. The zero-order valence-electron chi connectivity index (χ0n) is 17.3. The highest BCUT2D eigenvalue weighted by atomic mass is 32.2. The molecule has 1 amide bonds. The third kappa shape index (κ3) is 5.86. The molecule has 1 aliphatic heterocycles. The van der Waals surface area contributed by atoms with E-state index in [0.717, 1.165) is 16.7 Å². The molecule has 0 aromatic heterocycles. The number of carbonyl (C=O) groups excluding carboxylic acids is 1. The van der Waals surface area contributed by atoms with Gasteiger partial charge in [-0.25, -0.2) is 0 Å². The Hall–Kier alpha value is -2.84. The molecule has 0 saturated carbocycles. The van der Waals surface area contributed by atoms with Crippen LogP contribution < -0.4 is 9.47 Å². The number of methoxy groups -OCH3 is 1. The smallest absolute Gasteiger partial charge is 0.303 e. The second kappa shape index (κ2) is 10.5. The van der Waals surface area contributed by atoms with Crippen LogP contribution in [0.3, 0.4) is 0 Å². The lowest BCUT2D eigenvalue weighted by Gasteiger charge is -2.13. The predicted molar refractivity (Wildman–Crippen MR) is 125 cm³/mol. The molecule has 0 spiro atoms. The maximum Gasteiger partial charge on any atom is 0.303 e. The fourth-order valence-corrected chi connectivity index (χ4v) is 4.36. The van der Waals surface area contributed by atoms with Crippen molar-refractivity contribution in [3.63, 3.8) is 0 Å². The summed E-state index contributed by atoms with van der Waals surface area (Å²) < 4.78 is 11.9. The number of hydrogen-bond acceptors (Lipinski definition) is 6. The van der Waals surface area contributed by atoms with E-state index in [9.17, 15) is 9.59 Å². The minimum atomic E-state index is -0.891. The van der Waals surface area contributed by atoms with E-state index in [-0.39, 0.29) is 12.3 Å². The number of nitrogens with zero attached hydrogens (tertiary/aromatic N) is 1. The number of carboxylic acids is 1. The Morgan fingerprint density at radius 2 is 2.00 bits per heavy atom. The van der Waals surface area contributed by atoms with Crippen LogP contribution in [0.2, 0.25) is 0 Å². The molecule has 1 heterocycles. The fraction of sp³-hybridized carbons (Fsp3) is 0.261. The molecule has 6 nitrogen and oxygen atoms in total. The molecule has 0 bridgehead atoms. The normalized spacial score (nSPS) is 14.9. The van der Waals surface area contributed by atoms with Gasteiger partial charge in [0.2, 0.25) is 0 Å². The van der Waals surface area contributed by atoms with Gasteiger partial charge in [0.15, 0.2) is 11.5 Å². The lowest BCUT2D eigenvalue weighted by Crippen LogP contribution is -2.29. The van der Waals surface area contributed by atoms with Crippen molar-refractivity contribution in [2.24, 2.45) is 0 Å². The summed E-state index contributed by atoms with van der Waals surface area (Å²) >= 11 is 6.50. The molecule has 1 fully saturated rings. The van der Waals surface area contributed by atoms with Crippen LogP contribution in [0.5, 0.6) is 11.5 Å². The number of ether oxygens (including phenoxy) is 2. The van der Waals surface area contributed by atoms with E-state index < -0.39 is 5.97 Å². The van der Waals surface area contributed by atoms with Crippen molar-refractivity contribution in [2.75, 3.05) is 13.7 Å². The number of amides is 1. The molecule has 1 saturated heterocycles. The average Bonchev–Trinajstić information content (AvgIpc) is 3.00. The first-order valence-corrected chi connectivity index (χ1v) is 10.9. The van der Waals surface area contributed by atoms with E-state index in [4.69, 9.17) is 26.8 Å². The number of rotatable bonds is 9. The van der Waals surface area contributed by atoms with Crippen LogP contribution in [0, 0.1) is 6.92 Å². The molecule has 3 rings (SSSR count). The summed E-state index contributed by atoms with van der Waals surface area (Å²) in [5.74, 6) is 0.0837. The lowest BCUT2D eigenvalue weighted by molar-refractivity contribution is -0.137. The van der Waals surface area contributed by atoms with Crippen LogP contribution in [-0.2, 0) is 16.2 Å². The number of carboxylic acid groups (broad SMARTS) is 1. The Morgan fingerprint density at radius 3 is 2.71 bits per heavy atom. The highest BCUT2D eigenvalue weighted by molar-refractivity contribution is 8.26. The first-order chi connectivity index (χ1) is 14.9. The number of benzene rings is 2. The molecule has 0 atom stereocenters. The largest absolute Gasteiger partial charge is 0.493 e. The summed E-state index contributed by atoms with van der Waals surface area (Å²) in [5.41, 5.74) is 3.04. The number of hydrogen-bond donors (Lipinski definition) is 1. The number of thioether (sulfide) groups is 1. The Balaban J connectivity index is 1.71. The lowest BCUT2D eigenvalue weighted by atomic mass is 10.1. The van der Waals surface area contributed by atoms with Gasteiger partial charge in [0, 0.05) is 13.0 Å². The molecular weight excluding hydrogens is 434 g/mol. The molecular formula is C23H23NO5S2. The summed E-state index contributed by atoms with van der Waals surface area (Å²) in [7, 11) is 1.57. The van der Waals surface area contributed by atoms with Crippen molar-refractivity contribution in [2.45, 2.75) is 26.4 Å². The highest BCUT2D eigenvalue weighted by Crippen LogP contribution is 2.35. The molecule has 1 N–H and O–H groups in total. The van der Waals surface area contributed by atoms with Crippen molar-refractivity contribution in [1.29, 1.82) is 0 Å². The molecule has 31 heavy (non-hydrogen) atoms.